The minimum atomic E-state index is -0.319. The van der Waals surface area contributed by atoms with Crippen LogP contribution in [0.25, 0.3) is 11.1 Å². The van der Waals surface area contributed by atoms with Gasteiger partial charge in [-0.25, -0.2) is 4.79 Å². The molecule has 0 aromatic heterocycles. The van der Waals surface area contributed by atoms with Crippen molar-refractivity contribution in [2.45, 2.75) is 24.3 Å². The summed E-state index contributed by atoms with van der Waals surface area (Å²) in [5, 5.41) is 9.75. The molecule has 0 radical (unpaired) electrons. The molecule has 5 heteroatoms. The molecule has 0 atom stereocenters. The molecule has 5 nitrogen and oxygen atoms in total. The Hall–Kier alpha value is -2.37. The second kappa shape index (κ2) is 6.33. The summed E-state index contributed by atoms with van der Waals surface area (Å²) < 4.78 is 11.2. The van der Waals surface area contributed by atoms with E-state index in [1.54, 1.807) is 12.0 Å². The van der Waals surface area contributed by atoms with E-state index >= 15 is 0 Å². The SMILES string of the molecule is COCC12CC(CO)(CN1C(=O)OCC1c3ccccc3-c3ccccc31)C2. The summed E-state index contributed by atoms with van der Waals surface area (Å²) in [5.74, 6) is 0.0548. The van der Waals surface area contributed by atoms with Crippen LogP contribution in [0, 0.1) is 5.41 Å². The molecule has 4 aliphatic rings. The van der Waals surface area contributed by atoms with E-state index in [2.05, 4.69) is 24.3 Å². The normalized spacial score (nSPS) is 27.3. The second-order valence-electron chi connectivity index (χ2n) is 8.56. The van der Waals surface area contributed by atoms with Crippen LogP contribution in [0.5, 0.6) is 0 Å². The summed E-state index contributed by atoms with van der Waals surface area (Å²) in [5.41, 5.74) is 4.36. The molecule has 0 spiro atoms. The van der Waals surface area contributed by atoms with Gasteiger partial charge in [-0.3, -0.25) is 4.90 Å². The lowest BCUT2D eigenvalue weighted by Gasteiger charge is -2.46. The van der Waals surface area contributed by atoms with Crippen LogP contribution >= 0.6 is 0 Å². The van der Waals surface area contributed by atoms with Gasteiger partial charge in [0.15, 0.2) is 0 Å². The Balaban J connectivity index is 1.35. The number of hydrogen-bond acceptors (Lipinski definition) is 4. The van der Waals surface area contributed by atoms with Crippen LogP contribution in [0.15, 0.2) is 48.5 Å². The smallest absolute Gasteiger partial charge is 0.410 e. The van der Waals surface area contributed by atoms with Crippen LogP contribution in [0.2, 0.25) is 0 Å². The summed E-state index contributed by atoms with van der Waals surface area (Å²) in [6, 6.07) is 16.7. The van der Waals surface area contributed by atoms with E-state index in [1.165, 1.54) is 22.3 Å². The Morgan fingerprint density at radius 2 is 1.71 bits per heavy atom. The molecule has 146 valence electrons. The number of ether oxygens (including phenoxy) is 2. The lowest BCUT2D eigenvalue weighted by atomic mass is 9.62. The predicted octanol–water partition coefficient (Wildman–Crippen LogP) is 3.41. The number of nitrogens with zero attached hydrogens (tertiary/aromatic N) is 1. The first-order chi connectivity index (χ1) is 13.6. The molecule has 3 fully saturated rings. The molecule has 2 aliphatic heterocycles. The van der Waals surface area contributed by atoms with Crippen LogP contribution < -0.4 is 0 Å². The monoisotopic (exact) mass is 379 g/mol. The molecule has 2 aliphatic carbocycles. The highest BCUT2D eigenvalue weighted by Crippen LogP contribution is 2.59. The molecular weight excluding hydrogens is 354 g/mol. The summed E-state index contributed by atoms with van der Waals surface area (Å²) in [6.45, 7) is 1.45. The molecule has 28 heavy (non-hydrogen) atoms. The number of rotatable bonds is 5. The maximum Gasteiger partial charge on any atom is 0.410 e. The first-order valence-corrected chi connectivity index (χ1v) is 9.84. The lowest BCUT2D eigenvalue weighted by molar-refractivity contribution is -0.0288. The fourth-order valence-corrected chi connectivity index (χ4v) is 5.69. The largest absolute Gasteiger partial charge is 0.448 e. The molecule has 0 unspecified atom stereocenters. The molecule has 1 N–H and O–H groups in total. The summed E-state index contributed by atoms with van der Waals surface area (Å²) in [7, 11) is 1.65. The van der Waals surface area contributed by atoms with E-state index in [4.69, 9.17) is 9.47 Å². The van der Waals surface area contributed by atoms with Gasteiger partial charge in [-0.05, 0) is 35.1 Å². The zero-order valence-electron chi connectivity index (χ0n) is 16.1. The van der Waals surface area contributed by atoms with Crippen LogP contribution in [0.3, 0.4) is 0 Å². The standard InChI is InChI=1S/C23H25NO4/c1-27-15-23-11-22(12-23,14-25)13-24(23)21(26)28-10-20-18-8-4-2-6-16(18)17-7-3-5-9-19(17)20/h2-9,20,25H,10-15H2,1H3. The van der Waals surface area contributed by atoms with Gasteiger partial charge in [-0.2, -0.15) is 0 Å². The van der Waals surface area contributed by atoms with Gasteiger partial charge in [-0.15, -0.1) is 0 Å². The molecule has 2 heterocycles. The van der Waals surface area contributed by atoms with Crippen LogP contribution in [0.1, 0.15) is 29.9 Å². The molecular formula is C23H25NO4. The molecule has 1 amide bonds. The number of fused-ring (bicyclic) bond motifs is 4. The van der Waals surface area contributed by atoms with Gasteiger partial charge in [0, 0.05) is 25.0 Å². The van der Waals surface area contributed by atoms with Crippen LogP contribution in [-0.2, 0) is 9.47 Å². The predicted molar refractivity (Wildman–Crippen MR) is 105 cm³/mol. The van der Waals surface area contributed by atoms with E-state index in [0.717, 1.165) is 12.8 Å². The van der Waals surface area contributed by atoms with Crippen molar-refractivity contribution in [1.82, 2.24) is 4.90 Å². The Kier molecular flexibility index (Phi) is 4.00. The molecule has 1 saturated carbocycles. The summed E-state index contributed by atoms with van der Waals surface area (Å²) in [4.78, 5) is 14.8. The fraction of sp³-hybridized carbons (Fsp3) is 0.435. The van der Waals surface area contributed by atoms with Crippen molar-refractivity contribution in [3.8, 4) is 11.1 Å². The second-order valence-corrected chi connectivity index (χ2v) is 8.56. The molecule has 2 saturated heterocycles. The van der Waals surface area contributed by atoms with Gasteiger partial charge >= 0.3 is 6.09 Å². The van der Waals surface area contributed by atoms with Gasteiger partial charge in [0.05, 0.1) is 18.8 Å². The number of methoxy groups -OCH3 is 1. The first kappa shape index (κ1) is 17.7. The van der Waals surface area contributed by atoms with Crippen molar-refractivity contribution < 1.29 is 19.4 Å². The minimum Gasteiger partial charge on any atom is -0.448 e. The van der Waals surface area contributed by atoms with Crippen LogP contribution in [0.4, 0.5) is 4.79 Å². The van der Waals surface area contributed by atoms with E-state index in [1.807, 2.05) is 24.3 Å². The highest BCUT2D eigenvalue weighted by molar-refractivity contribution is 5.79. The highest BCUT2D eigenvalue weighted by Gasteiger charge is 2.66. The maximum absolute atomic E-state index is 13.0. The highest BCUT2D eigenvalue weighted by atomic mass is 16.6. The van der Waals surface area contributed by atoms with Gasteiger partial charge < -0.3 is 14.6 Å². The first-order valence-electron chi connectivity index (χ1n) is 9.84. The van der Waals surface area contributed by atoms with Crippen molar-refractivity contribution in [2.24, 2.45) is 5.41 Å². The van der Waals surface area contributed by atoms with Crippen molar-refractivity contribution in [1.29, 1.82) is 0 Å². The third-order valence-corrected chi connectivity index (χ3v) is 6.78. The van der Waals surface area contributed by atoms with E-state index in [9.17, 15) is 9.90 Å². The number of benzene rings is 2. The quantitative estimate of drug-likeness (QED) is 0.865. The number of carbonyl (C=O) groups is 1. The summed E-state index contributed by atoms with van der Waals surface area (Å²) in [6.07, 6.45) is 1.27. The number of carbonyl (C=O) groups excluding carboxylic acids is 1. The van der Waals surface area contributed by atoms with Gasteiger partial charge in [0.2, 0.25) is 0 Å². The van der Waals surface area contributed by atoms with E-state index < -0.39 is 0 Å². The topological polar surface area (TPSA) is 59.0 Å². The zero-order chi connectivity index (χ0) is 19.4. The van der Waals surface area contributed by atoms with E-state index in [-0.39, 0.29) is 29.6 Å². The molecule has 2 bridgehead atoms. The third kappa shape index (κ3) is 2.43. The Morgan fingerprint density at radius 1 is 1.11 bits per heavy atom. The number of amides is 1. The van der Waals surface area contributed by atoms with Gasteiger partial charge in [0.25, 0.3) is 0 Å². The average Bonchev–Trinajstić information content (AvgIpc) is 3.31. The van der Waals surface area contributed by atoms with Crippen molar-refractivity contribution in [2.75, 3.05) is 33.5 Å². The molecule has 2 aromatic carbocycles. The Bertz CT molecular complexity index is 873. The molecule has 2 aromatic rings. The van der Waals surface area contributed by atoms with Gasteiger partial charge in [0.1, 0.15) is 6.61 Å². The Labute approximate surface area is 164 Å². The van der Waals surface area contributed by atoms with Gasteiger partial charge in [-0.1, -0.05) is 48.5 Å². The third-order valence-electron chi connectivity index (χ3n) is 6.78. The fourth-order valence-electron chi connectivity index (χ4n) is 5.69. The Morgan fingerprint density at radius 3 is 2.29 bits per heavy atom. The van der Waals surface area contributed by atoms with Crippen LogP contribution in [-0.4, -0.2) is 55.1 Å². The zero-order valence-corrected chi connectivity index (χ0v) is 16.1. The number of hydrogen-bond donors (Lipinski definition) is 1. The molecule has 6 rings (SSSR count). The van der Waals surface area contributed by atoms with Crippen molar-refractivity contribution >= 4 is 6.09 Å². The minimum absolute atomic E-state index is 0.0548. The van der Waals surface area contributed by atoms with Crippen molar-refractivity contribution in [3.63, 3.8) is 0 Å². The maximum atomic E-state index is 13.0. The van der Waals surface area contributed by atoms with Crippen molar-refractivity contribution in [3.05, 3.63) is 59.7 Å². The lowest BCUT2D eigenvalue weighted by Crippen LogP contribution is -2.55. The number of aliphatic hydroxyl groups is 1. The average molecular weight is 379 g/mol. The number of aliphatic hydroxyl groups excluding tert-OH is 1. The summed E-state index contributed by atoms with van der Waals surface area (Å²) >= 11 is 0. The van der Waals surface area contributed by atoms with E-state index in [0.29, 0.717) is 19.8 Å².